The number of esters is 1. The van der Waals surface area contributed by atoms with Crippen LogP contribution in [0.1, 0.15) is 151 Å². The summed E-state index contributed by atoms with van der Waals surface area (Å²) in [6, 6.07) is 8.35. The molecule has 0 amide bonds. The fourth-order valence-electron chi connectivity index (χ4n) is 13.9. The van der Waals surface area contributed by atoms with E-state index in [4.69, 9.17) is 16.3 Å². The van der Waals surface area contributed by atoms with Crippen LogP contribution in [-0.2, 0) is 24.7 Å². The summed E-state index contributed by atoms with van der Waals surface area (Å²) < 4.78 is 6.19. The highest BCUT2D eigenvalue weighted by Gasteiger charge is 2.70. The zero-order valence-corrected chi connectivity index (χ0v) is 34.8. The number of allylic oxidation sites excluding steroid dienone is 2. The molecule has 6 nitrogen and oxygen atoms in total. The average Bonchev–Trinajstić information content (AvgIpc) is 3.78. The summed E-state index contributed by atoms with van der Waals surface area (Å²) in [4.78, 5) is 39.0. The van der Waals surface area contributed by atoms with Crippen molar-refractivity contribution in [3.05, 3.63) is 46.0 Å². The molecule has 1 unspecified atom stereocenters. The Balaban J connectivity index is 1.13. The van der Waals surface area contributed by atoms with Gasteiger partial charge in [-0.05, 0) is 154 Å². The summed E-state index contributed by atoms with van der Waals surface area (Å²) in [6.45, 7) is 21.0. The number of benzene rings is 1. The summed E-state index contributed by atoms with van der Waals surface area (Å²) in [5, 5.41) is 14.4. The number of halogens is 1. The van der Waals surface area contributed by atoms with Crippen molar-refractivity contribution in [2.24, 2.45) is 56.2 Å². The smallest absolute Gasteiger partial charge is 0.309 e. The van der Waals surface area contributed by atoms with E-state index < -0.39 is 17.4 Å². The van der Waals surface area contributed by atoms with Gasteiger partial charge in [-0.15, -0.1) is 0 Å². The van der Waals surface area contributed by atoms with Gasteiger partial charge in [0.25, 0.3) is 0 Å². The molecule has 0 heterocycles. The number of hydrogen-bond donors (Lipinski definition) is 2. The van der Waals surface area contributed by atoms with Crippen molar-refractivity contribution < 1.29 is 24.2 Å². The Labute approximate surface area is 324 Å². The largest absolute Gasteiger partial charge is 0.481 e. The number of Topliss-reactive ketones (excluding diaryl/α,β-unsaturated/α-hetero) is 1. The van der Waals surface area contributed by atoms with Crippen LogP contribution < -0.4 is 5.32 Å². The van der Waals surface area contributed by atoms with Crippen molar-refractivity contribution in [3.63, 3.8) is 0 Å². The first-order valence-electron chi connectivity index (χ1n) is 20.9. The first kappa shape index (κ1) is 39.1. The van der Waals surface area contributed by atoms with Crippen LogP contribution in [0.4, 0.5) is 0 Å². The number of carboxylic acid groups (broad SMARTS) is 1. The number of ketones is 1. The number of fused-ring (bicyclic) bond motifs is 7. The molecule has 0 bridgehead atoms. The Morgan fingerprint density at radius 1 is 0.906 bits per heavy atom. The lowest BCUT2D eigenvalue weighted by Crippen LogP contribution is -2.65. The van der Waals surface area contributed by atoms with Crippen LogP contribution in [0.3, 0.4) is 0 Å². The third-order valence-corrected chi connectivity index (χ3v) is 17.4. The molecule has 8 atom stereocenters. The fraction of sp³-hybridized carbons (Fsp3) is 0.761. The van der Waals surface area contributed by atoms with E-state index in [0.29, 0.717) is 30.0 Å². The van der Waals surface area contributed by atoms with Gasteiger partial charge in [0.15, 0.2) is 5.78 Å². The Hall–Kier alpha value is -2.18. The third-order valence-electron chi connectivity index (χ3n) is 17.2. The van der Waals surface area contributed by atoms with Gasteiger partial charge in [0.2, 0.25) is 0 Å². The molecule has 0 saturated heterocycles. The van der Waals surface area contributed by atoms with E-state index in [1.54, 1.807) is 19.4 Å². The van der Waals surface area contributed by atoms with Crippen molar-refractivity contribution in [1.82, 2.24) is 5.32 Å². The second-order valence-electron chi connectivity index (χ2n) is 20.9. The van der Waals surface area contributed by atoms with Gasteiger partial charge in [-0.1, -0.05) is 77.8 Å². The summed E-state index contributed by atoms with van der Waals surface area (Å²) in [7, 11) is 0. The van der Waals surface area contributed by atoms with E-state index in [-0.39, 0.29) is 51.1 Å². The molecule has 0 aliphatic heterocycles. The van der Waals surface area contributed by atoms with Crippen LogP contribution in [0, 0.1) is 56.2 Å². The standard InChI is InChI=1S/C46H66ClNO5/c1-28(2)37-32(49)26-45(24-25-48-46(22-23-46)29-10-12-30(47)13-11-29)21-20-43(8)31(38(37)45)14-15-34-42(7)18-17-35(53-36(50)27-40(3,4)39(51)52)41(5,6)33(42)16-19-44(34,43)9/h10-13,28,31,33-35,48H,14-27H2,1-9H3,(H,51,52)/t31-,33?,34-,35+,42+,43-,44-,45-/m1/s1. The monoisotopic (exact) mass is 747 g/mol. The van der Waals surface area contributed by atoms with Gasteiger partial charge in [-0.25, -0.2) is 0 Å². The van der Waals surface area contributed by atoms with Crippen molar-refractivity contribution in [1.29, 1.82) is 0 Å². The maximum atomic E-state index is 14.1. The quantitative estimate of drug-likeness (QED) is 0.232. The number of aliphatic carboxylic acids is 1. The highest BCUT2D eigenvalue weighted by atomic mass is 35.5. The minimum Gasteiger partial charge on any atom is -0.481 e. The van der Waals surface area contributed by atoms with E-state index in [0.717, 1.165) is 74.9 Å². The lowest BCUT2D eigenvalue weighted by molar-refractivity contribution is -0.233. The zero-order valence-electron chi connectivity index (χ0n) is 34.1. The zero-order chi connectivity index (χ0) is 38.6. The van der Waals surface area contributed by atoms with Crippen molar-refractivity contribution in [2.45, 2.75) is 157 Å². The summed E-state index contributed by atoms with van der Waals surface area (Å²) >= 11 is 6.23. The lowest BCUT2D eigenvalue weighted by Gasteiger charge is -2.72. The molecule has 5 fully saturated rings. The van der Waals surface area contributed by atoms with E-state index in [1.807, 2.05) is 12.1 Å². The number of nitrogens with one attached hydrogen (secondary N) is 1. The summed E-state index contributed by atoms with van der Waals surface area (Å²) in [5.41, 5.74) is 3.04. The molecule has 7 heteroatoms. The van der Waals surface area contributed by atoms with Crippen molar-refractivity contribution in [2.75, 3.05) is 6.54 Å². The predicted molar refractivity (Wildman–Crippen MR) is 210 cm³/mol. The fourth-order valence-corrected chi connectivity index (χ4v) is 14.0. The van der Waals surface area contributed by atoms with Crippen LogP contribution in [0.5, 0.6) is 0 Å². The van der Waals surface area contributed by atoms with Crippen LogP contribution in [-0.4, -0.2) is 35.5 Å². The minimum absolute atomic E-state index is 0.0393. The third kappa shape index (κ3) is 6.00. The van der Waals surface area contributed by atoms with Crippen LogP contribution in [0.25, 0.3) is 0 Å². The second-order valence-corrected chi connectivity index (χ2v) is 21.4. The highest BCUT2D eigenvalue weighted by Crippen LogP contribution is 2.77. The average molecular weight is 748 g/mol. The Bertz CT molecular complexity index is 1690. The van der Waals surface area contributed by atoms with Crippen LogP contribution in [0.15, 0.2) is 35.4 Å². The van der Waals surface area contributed by atoms with E-state index in [9.17, 15) is 19.5 Å². The molecular weight excluding hydrogens is 682 g/mol. The molecule has 7 rings (SSSR count). The summed E-state index contributed by atoms with van der Waals surface area (Å²) in [5.74, 6) is 0.660. The molecule has 0 aromatic heterocycles. The highest BCUT2D eigenvalue weighted by molar-refractivity contribution is 6.30. The Morgan fingerprint density at radius 2 is 1.58 bits per heavy atom. The first-order valence-corrected chi connectivity index (χ1v) is 21.3. The number of ether oxygens (including phenoxy) is 1. The van der Waals surface area contributed by atoms with E-state index in [1.165, 1.54) is 18.4 Å². The normalized spacial score (nSPS) is 38.4. The molecule has 6 aliphatic carbocycles. The molecule has 5 saturated carbocycles. The molecule has 53 heavy (non-hydrogen) atoms. The Kier molecular flexibility index (Phi) is 9.53. The van der Waals surface area contributed by atoms with Crippen LogP contribution >= 0.6 is 11.6 Å². The molecule has 292 valence electrons. The first-order chi connectivity index (χ1) is 24.7. The van der Waals surface area contributed by atoms with Crippen molar-refractivity contribution >= 4 is 29.3 Å². The number of hydrogen-bond acceptors (Lipinski definition) is 5. The Morgan fingerprint density at radius 3 is 2.21 bits per heavy atom. The molecular formula is C46H66ClNO5. The van der Waals surface area contributed by atoms with Gasteiger partial charge in [0.05, 0.1) is 11.8 Å². The van der Waals surface area contributed by atoms with Gasteiger partial charge < -0.3 is 15.2 Å². The number of carboxylic acids is 1. The number of carbonyl (C=O) groups excluding carboxylic acids is 2. The van der Waals surface area contributed by atoms with Gasteiger partial charge in [0.1, 0.15) is 6.10 Å². The van der Waals surface area contributed by atoms with Gasteiger partial charge in [0, 0.05) is 27.8 Å². The minimum atomic E-state index is -1.15. The molecule has 2 N–H and O–H groups in total. The maximum absolute atomic E-state index is 14.1. The predicted octanol–water partition coefficient (Wildman–Crippen LogP) is 10.7. The molecule has 0 spiro atoms. The maximum Gasteiger partial charge on any atom is 0.309 e. The van der Waals surface area contributed by atoms with E-state index in [2.05, 4.69) is 65.9 Å². The van der Waals surface area contributed by atoms with Gasteiger partial charge in [-0.3, -0.25) is 14.4 Å². The number of carbonyl (C=O) groups is 3. The second kappa shape index (κ2) is 12.9. The molecule has 1 aromatic rings. The summed E-state index contributed by atoms with van der Waals surface area (Å²) in [6.07, 6.45) is 12.3. The SMILES string of the molecule is CC(C)C1=C2[C@H]3CC[C@@H]4[C@@]5(C)CC[C@H](OC(=O)CC(C)(C)C(=O)O)C(C)(C)C5CC[C@@]4(C)[C@]3(C)CC[C@@]2(CCNC2(c3ccc(Cl)cc3)CC2)CC1=O. The van der Waals surface area contributed by atoms with Gasteiger partial charge in [-0.2, -0.15) is 0 Å². The van der Waals surface area contributed by atoms with Crippen LogP contribution in [0.2, 0.25) is 5.02 Å². The lowest BCUT2D eigenvalue weighted by atomic mass is 9.33. The molecule has 6 aliphatic rings. The molecule has 0 radical (unpaired) electrons. The van der Waals surface area contributed by atoms with Crippen molar-refractivity contribution in [3.8, 4) is 0 Å². The topological polar surface area (TPSA) is 92.7 Å². The van der Waals surface area contributed by atoms with E-state index >= 15 is 0 Å². The van der Waals surface area contributed by atoms with Gasteiger partial charge >= 0.3 is 11.9 Å². The molecule has 1 aromatic carbocycles. The number of rotatable bonds is 10.